The first-order valence-electron chi connectivity index (χ1n) is 10.5. The molecule has 2 heterocycles. The lowest BCUT2D eigenvalue weighted by molar-refractivity contribution is 0.460. The van der Waals surface area contributed by atoms with Crippen molar-refractivity contribution >= 4 is 16.5 Å². The Kier molecular flexibility index (Phi) is 5.36. The van der Waals surface area contributed by atoms with Gasteiger partial charge in [0.2, 0.25) is 0 Å². The Morgan fingerprint density at radius 1 is 1.19 bits per heavy atom. The average molecular weight is 361 g/mol. The molecule has 2 fully saturated rings. The SMILES string of the molecule is C=C(C)/C=C(\C=C/C)c1[nH]c2ccc(C3CCNCC3)cc2c1CC1CC1. The molecule has 142 valence electrons. The molecule has 1 saturated heterocycles. The van der Waals surface area contributed by atoms with Gasteiger partial charge in [-0.25, -0.2) is 0 Å². The van der Waals surface area contributed by atoms with Gasteiger partial charge in [-0.15, -0.1) is 0 Å². The molecule has 1 aliphatic heterocycles. The standard InChI is InChI=1S/C25H32N2/c1-4-5-21(14-17(2)3)25-23(15-18-6-7-18)22-16-20(8-9-24(22)27-25)19-10-12-26-13-11-19/h4-5,8-9,14,16,18-19,26-27H,2,6-7,10-13,15H2,1,3H3/b5-4-,21-14+. The number of hydrogen-bond acceptors (Lipinski definition) is 1. The number of H-pyrrole nitrogens is 1. The van der Waals surface area contributed by atoms with Crippen LogP contribution < -0.4 is 5.32 Å². The van der Waals surface area contributed by atoms with Crippen LogP contribution in [-0.2, 0) is 6.42 Å². The fraction of sp³-hybridized carbons (Fsp3) is 0.440. The lowest BCUT2D eigenvalue weighted by Gasteiger charge is -2.23. The first kappa shape index (κ1) is 18.3. The van der Waals surface area contributed by atoms with E-state index in [0.717, 1.165) is 24.6 Å². The van der Waals surface area contributed by atoms with Crippen LogP contribution in [0.4, 0.5) is 0 Å². The van der Waals surface area contributed by atoms with Crippen molar-refractivity contribution in [2.45, 2.75) is 51.9 Å². The van der Waals surface area contributed by atoms with E-state index in [2.05, 4.69) is 67.2 Å². The monoisotopic (exact) mass is 360 g/mol. The van der Waals surface area contributed by atoms with E-state index in [1.54, 1.807) is 0 Å². The molecule has 1 aliphatic carbocycles. The predicted octanol–water partition coefficient (Wildman–Crippen LogP) is 6.12. The van der Waals surface area contributed by atoms with E-state index in [1.165, 1.54) is 65.4 Å². The van der Waals surface area contributed by atoms with Crippen molar-refractivity contribution in [2.75, 3.05) is 13.1 Å². The van der Waals surface area contributed by atoms with Gasteiger partial charge in [-0.3, -0.25) is 0 Å². The maximum Gasteiger partial charge on any atom is 0.0497 e. The summed E-state index contributed by atoms with van der Waals surface area (Å²) in [4.78, 5) is 3.74. The zero-order valence-electron chi connectivity index (χ0n) is 16.8. The second kappa shape index (κ2) is 7.90. The molecule has 2 aromatic rings. The third kappa shape index (κ3) is 4.11. The van der Waals surface area contributed by atoms with Crippen LogP contribution in [0.2, 0.25) is 0 Å². The number of piperidine rings is 1. The fourth-order valence-electron chi connectivity index (χ4n) is 4.39. The molecule has 0 unspecified atom stereocenters. The van der Waals surface area contributed by atoms with Crippen molar-refractivity contribution < 1.29 is 0 Å². The molecule has 0 radical (unpaired) electrons. The van der Waals surface area contributed by atoms with Gasteiger partial charge in [0.1, 0.15) is 0 Å². The summed E-state index contributed by atoms with van der Waals surface area (Å²) in [5.41, 5.74) is 7.93. The van der Waals surface area contributed by atoms with E-state index in [1.807, 2.05) is 0 Å². The summed E-state index contributed by atoms with van der Waals surface area (Å²) in [6.07, 6.45) is 13.0. The van der Waals surface area contributed by atoms with Crippen LogP contribution in [0.5, 0.6) is 0 Å². The number of rotatable bonds is 6. The second-order valence-electron chi connectivity index (χ2n) is 8.40. The van der Waals surface area contributed by atoms with Gasteiger partial charge in [0.05, 0.1) is 0 Å². The number of benzene rings is 1. The minimum absolute atomic E-state index is 0.698. The molecule has 0 bridgehead atoms. The van der Waals surface area contributed by atoms with Crippen LogP contribution in [0.3, 0.4) is 0 Å². The average Bonchev–Trinajstić information content (AvgIpc) is 3.42. The second-order valence-corrected chi connectivity index (χ2v) is 8.40. The highest BCUT2D eigenvalue weighted by molar-refractivity contribution is 5.92. The summed E-state index contributed by atoms with van der Waals surface area (Å²) >= 11 is 0. The van der Waals surface area contributed by atoms with E-state index in [9.17, 15) is 0 Å². The van der Waals surface area contributed by atoms with Crippen LogP contribution in [0, 0.1) is 5.92 Å². The fourth-order valence-corrected chi connectivity index (χ4v) is 4.39. The summed E-state index contributed by atoms with van der Waals surface area (Å²) in [6.45, 7) is 10.5. The van der Waals surface area contributed by atoms with E-state index in [0.29, 0.717) is 5.92 Å². The van der Waals surface area contributed by atoms with Gasteiger partial charge in [0, 0.05) is 16.6 Å². The molecule has 2 nitrogen and oxygen atoms in total. The van der Waals surface area contributed by atoms with Crippen LogP contribution in [-0.4, -0.2) is 18.1 Å². The third-order valence-corrected chi connectivity index (χ3v) is 5.97. The molecule has 0 spiro atoms. The molecular weight excluding hydrogens is 328 g/mol. The van der Waals surface area contributed by atoms with Crippen LogP contribution in [0.15, 0.2) is 48.6 Å². The maximum absolute atomic E-state index is 4.10. The van der Waals surface area contributed by atoms with Gasteiger partial charge in [-0.05, 0) is 99.7 Å². The number of aromatic amines is 1. The molecule has 4 rings (SSSR count). The Hall–Kier alpha value is -2.06. The molecule has 1 aromatic carbocycles. The molecule has 1 aromatic heterocycles. The Morgan fingerprint density at radius 3 is 2.63 bits per heavy atom. The van der Waals surface area contributed by atoms with Crippen LogP contribution in [0.25, 0.3) is 16.5 Å². The summed E-state index contributed by atoms with van der Waals surface area (Å²) < 4.78 is 0. The normalized spacial score (nSPS) is 19.3. The van der Waals surface area contributed by atoms with E-state index >= 15 is 0 Å². The lowest BCUT2D eigenvalue weighted by Crippen LogP contribution is -2.26. The number of fused-ring (bicyclic) bond motifs is 1. The summed E-state index contributed by atoms with van der Waals surface area (Å²) in [6, 6.07) is 7.13. The smallest absolute Gasteiger partial charge is 0.0497 e. The van der Waals surface area contributed by atoms with Crippen molar-refractivity contribution in [3.63, 3.8) is 0 Å². The zero-order chi connectivity index (χ0) is 18.8. The van der Waals surface area contributed by atoms with E-state index in [-0.39, 0.29) is 0 Å². The summed E-state index contributed by atoms with van der Waals surface area (Å²) in [5, 5.41) is 4.92. The molecule has 2 heteroatoms. The van der Waals surface area contributed by atoms with Crippen molar-refractivity contribution in [1.82, 2.24) is 10.3 Å². The zero-order valence-corrected chi connectivity index (χ0v) is 16.8. The van der Waals surface area contributed by atoms with Crippen molar-refractivity contribution in [3.8, 4) is 0 Å². The Balaban J connectivity index is 1.81. The first-order chi connectivity index (χ1) is 13.2. The Labute approximate surface area is 163 Å². The maximum atomic E-state index is 4.10. The van der Waals surface area contributed by atoms with Gasteiger partial charge in [0.25, 0.3) is 0 Å². The number of nitrogens with one attached hydrogen (secondary N) is 2. The number of allylic oxidation sites excluding steroid dienone is 5. The largest absolute Gasteiger partial charge is 0.354 e. The van der Waals surface area contributed by atoms with E-state index in [4.69, 9.17) is 0 Å². The molecule has 2 aliphatic rings. The number of hydrogen-bond donors (Lipinski definition) is 2. The topological polar surface area (TPSA) is 27.8 Å². The molecule has 2 N–H and O–H groups in total. The van der Waals surface area contributed by atoms with Gasteiger partial charge >= 0.3 is 0 Å². The molecule has 1 saturated carbocycles. The highest BCUT2D eigenvalue weighted by atomic mass is 14.9. The van der Waals surface area contributed by atoms with Gasteiger partial charge in [-0.1, -0.05) is 36.4 Å². The minimum atomic E-state index is 0.698. The predicted molar refractivity (Wildman–Crippen MR) is 117 cm³/mol. The van der Waals surface area contributed by atoms with Gasteiger partial charge in [0.15, 0.2) is 0 Å². The highest BCUT2D eigenvalue weighted by Crippen LogP contribution is 2.39. The van der Waals surface area contributed by atoms with Crippen molar-refractivity contribution in [3.05, 3.63) is 65.4 Å². The summed E-state index contributed by atoms with van der Waals surface area (Å²) in [5.74, 6) is 1.56. The Bertz CT molecular complexity index is 886. The van der Waals surface area contributed by atoms with Crippen LogP contribution >= 0.6 is 0 Å². The summed E-state index contributed by atoms with van der Waals surface area (Å²) in [7, 11) is 0. The van der Waals surface area contributed by atoms with Crippen molar-refractivity contribution in [2.24, 2.45) is 5.92 Å². The molecule has 27 heavy (non-hydrogen) atoms. The first-order valence-corrected chi connectivity index (χ1v) is 10.5. The van der Waals surface area contributed by atoms with Gasteiger partial charge < -0.3 is 10.3 Å². The third-order valence-electron chi connectivity index (χ3n) is 5.97. The Morgan fingerprint density at radius 2 is 1.96 bits per heavy atom. The lowest BCUT2D eigenvalue weighted by atomic mass is 9.89. The number of aromatic nitrogens is 1. The quantitative estimate of drug-likeness (QED) is 0.596. The molecule has 0 amide bonds. The highest BCUT2D eigenvalue weighted by Gasteiger charge is 2.26. The van der Waals surface area contributed by atoms with Gasteiger partial charge in [-0.2, -0.15) is 0 Å². The minimum Gasteiger partial charge on any atom is -0.354 e. The van der Waals surface area contributed by atoms with E-state index < -0.39 is 0 Å². The van der Waals surface area contributed by atoms with Crippen molar-refractivity contribution in [1.29, 1.82) is 0 Å². The van der Waals surface area contributed by atoms with Crippen LogP contribution in [0.1, 0.15) is 62.3 Å². The molecular formula is C25H32N2. The molecule has 0 atom stereocenters.